The zero-order valence-electron chi connectivity index (χ0n) is 13.7. The summed E-state index contributed by atoms with van der Waals surface area (Å²) in [6, 6.07) is 10.8. The first kappa shape index (κ1) is 17.4. The molecule has 0 aromatic heterocycles. The minimum atomic E-state index is -3.34. The minimum absolute atomic E-state index is 0.0774. The number of hydrogen-bond acceptors (Lipinski definition) is 3. The van der Waals surface area contributed by atoms with Crippen LogP contribution in [0.3, 0.4) is 0 Å². The van der Waals surface area contributed by atoms with Gasteiger partial charge in [0.15, 0.2) is 11.5 Å². The maximum absolute atomic E-state index is 13.7. The van der Waals surface area contributed by atoms with Gasteiger partial charge in [-0.25, -0.2) is 0 Å². The van der Waals surface area contributed by atoms with E-state index >= 15 is 0 Å². The Hall–Kier alpha value is -0.990. The predicted octanol–water partition coefficient (Wildman–Crippen LogP) is 5.81. The molecule has 2 aromatic rings. The second-order valence-corrected chi connectivity index (χ2v) is 9.74. The van der Waals surface area contributed by atoms with Crippen molar-refractivity contribution in [2.75, 3.05) is 0 Å². The molecule has 6 heteroatoms. The number of hydrogen-bond donors (Lipinski definition) is 0. The van der Waals surface area contributed by atoms with Gasteiger partial charge in [0.25, 0.3) is 0 Å². The van der Waals surface area contributed by atoms with Gasteiger partial charge in [-0.1, -0.05) is 29.6 Å². The largest absolute Gasteiger partial charge is 0.616 e. The zero-order chi connectivity index (χ0) is 17.4. The van der Waals surface area contributed by atoms with Crippen LogP contribution in [-0.4, -0.2) is 5.66 Å². The summed E-state index contributed by atoms with van der Waals surface area (Å²) in [6.45, 7) is 0. The maximum Gasteiger partial charge on any atom is 0.334 e. The Morgan fingerprint density at radius 1 is 0.840 bits per heavy atom. The Kier molecular flexibility index (Phi) is 4.85. The number of fused-ring (bicyclic) bond motifs is 2. The fraction of sp³-hybridized carbons (Fsp3) is 0.368. The molecule has 0 spiro atoms. The van der Waals surface area contributed by atoms with E-state index in [0.717, 1.165) is 36.8 Å². The van der Waals surface area contributed by atoms with Gasteiger partial charge in [0, 0.05) is 27.6 Å². The van der Waals surface area contributed by atoms with Crippen LogP contribution in [0.25, 0.3) is 0 Å². The molecule has 25 heavy (non-hydrogen) atoms. The Balaban J connectivity index is 1.81. The molecule has 0 N–H and O–H groups in total. The first-order chi connectivity index (χ1) is 12.0. The molecule has 0 unspecified atom stereocenters. The maximum atomic E-state index is 13.7. The Morgan fingerprint density at radius 2 is 1.36 bits per heavy atom. The number of halogens is 2. The van der Waals surface area contributed by atoms with Crippen molar-refractivity contribution in [2.45, 2.75) is 44.2 Å². The lowest BCUT2D eigenvalue weighted by atomic mass is 10.0. The predicted molar refractivity (Wildman–Crippen MR) is 101 cm³/mol. The summed E-state index contributed by atoms with van der Waals surface area (Å²) in [5.74, 6) is 1.17. The molecule has 0 amide bonds. The number of rotatable bonds is 1. The molecule has 1 saturated carbocycles. The van der Waals surface area contributed by atoms with Crippen LogP contribution in [0.2, 0.25) is 10.0 Å². The van der Waals surface area contributed by atoms with E-state index in [0.29, 0.717) is 28.0 Å². The molecule has 0 saturated heterocycles. The Labute approximate surface area is 158 Å². The summed E-state index contributed by atoms with van der Waals surface area (Å²) < 4.78 is 12.1. The zero-order valence-corrected chi connectivity index (χ0v) is 16.1. The quantitative estimate of drug-likeness (QED) is 0.571. The summed E-state index contributed by atoms with van der Waals surface area (Å²) in [5, 5.41) is 1.25. The fourth-order valence-corrected chi connectivity index (χ4v) is 6.22. The van der Waals surface area contributed by atoms with Crippen molar-refractivity contribution in [1.29, 1.82) is 0 Å². The Bertz CT molecular complexity index is 737. The highest BCUT2D eigenvalue weighted by molar-refractivity contribution is 7.60. The molecule has 1 aliphatic heterocycles. The highest BCUT2D eigenvalue weighted by Crippen LogP contribution is 2.62. The SMILES string of the molecule is [O-][P+]1(C2CCCCC2)Oc2ccc(Cl)cc2Cc2cc(Cl)ccc2O1. The molecular formula is C19H19Cl2O3P. The molecule has 1 aliphatic carbocycles. The lowest BCUT2D eigenvalue weighted by Gasteiger charge is -2.37. The monoisotopic (exact) mass is 396 g/mol. The van der Waals surface area contributed by atoms with Crippen LogP contribution in [0.1, 0.15) is 43.2 Å². The van der Waals surface area contributed by atoms with Crippen molar-refractivity contribution in [3.8, 4) is 11.5 Å². The third-order valence-electron chi connectivity index (χ3n) is 4.90. The summed E-state index contributed by atoms with van der Waals surface area (Å²) in [4.78, 5) is 13.7. The van der Waals surface area contributed by atoms with E-state index < -0.39 is 7.94 Å². The molecule has 132 valence electrons. The van der Waals surface area contributed by atoms with E-state index in [-0.39, 0.29) is 5.66 Å². The first-order valence-corrected chi connectivity index (χ1v) is 11.0. The molecule has 1 fully saturated rings. The lowest BCUT2D eigenvalue weighted by Crippen LogP contribution is -2.34. The first-order valence-electron chi connectivity index (χ1n) is 8.59. The molecule has 1 heterocycles. The topological polar surface area (TPSA) is 41.5 Å². The van der Waals surface area contributed by atoms with Crippen molar-refractivity contribution < 1.29 is 13.9 Å². The van der Waals surface area contributed by atoms with Gasteiger partial charge in [0.2, 0.25) is 0 Å². The van der Waals surface area contributed by atoms with Gasteiger partial charge in [-0.2, -0.15) is 0 Å². The molecule has 2 aromatic carbocycles. The second kappa shape index (κ2) is 6.96. The van der Waals surface area contributed by atoms with E-state index in [1.165, 1.54) is 6.42 Å². The van der Waals surface area contributed by atoms with Crippen molar-refractivity contribution in [1.82, 2.24) is 0 Å². The third kappa shape index (κ3) is 3.61. The van der Waals surface area contributed by atoms with Crippen LogP contribution < -0.4 is 13.9 Å². The summed E-state index contributed by atoms with van der Waals surface area (Å²) in [6.07, 6.45) is 5.59. The van der Waals surface area contributed by atoms with E-state index in [4.69, 9.17) is 32.2 Å². The summed E-state index contributed by atoms with van der Waals surface area (Å²) >= 11 is 12.3. The average Bonchev–Trinajstić information content (AvgIpc) is 2.59. The van der Waals surface area contributed by atoms with E-state index in [9.17, 15) is 4.89 Å². The van der Waals surface area contributed by atoms with Crippen molar-refractivity contribution in [2.24, 2.45) is 0 Å². The van der Waals surface area contributed by atoms with Gasteiger partial charge in [0.1, 0.15) is 5.66 Å². The molecule has 4 rings (SSSR count). The van der Waals surface area contributed by atoms with Crippen molar-refractivity contribution in [3.05, 3.63) is 57.6 Å². The third-order valence-corrected chi connectivity index (χ3v) is 7.68. The molecule has 0 radical (unpaired) electrons. The van der Waals surface area contributed by atoms with E-state index in [1.807, 2.05) is 12.1 Å². The van der Waals surface area contributed by atoms with Crippen LogP contribution >= 0.6 is 31.1 Å². The lowest BCUT2D eigenvalue weighted by molar-refractivity contribution is -0.206. The fourth-order valence-electron chi connectivity index (χ4n) is 3.59. The second-order valence-electron chi connectivity index (χ2n) is 6.70. The molecule has 0 atom stereocenters. The molecule has 0 bridgehead atoms. The van der Waals surface area contributed by atoms with Gasteiger partial charge in [0.05, 0.1) is 0 Å². The van der Waals surface area contributed by atoms with Crippen LogP contribution in [0.15, 0.2) is 36.4 Å². The summed E-state index contributed by atoms with van der Waals surface area (Å²) in [7, 11) is -3.34. The van der Waals surface area contributed by atoms with Crippen molar-refractivity contribution >= 4 is 31.1 Å². The van der Waals surface area contributed by atoms with Gasteiger partial charge in [-0.05, 0) is 62.1 Å². The summed E-state index contributed by atoms with van der Waals surface area (Å²) in [5.41, 5.74) is 1.72. The molecule has 2 aliphatic rings. The number of benzene rings is 2. The highest BCUT2D eigenvalue weighted by Gasteiger charge is 2.46. The van der Waals surface area contributed by atoms with Crippen LogP contribution in [0.5, 0.6) is 11.5 Å². The van der Waals surface area contributed by atoms with Gasteiger partial charge < -0.3 is 13.9 Å². The van der Waals surface area contributed by atoms with Gasteiger partial charge in [-0.3, -0.25) is 0 Å². The van der Waals surface area contributed by atoms with Gasteiger partial charge in [-0.15, -0.1) is 0 Å². The van der Waals surface area contributed by atoms with Gasteiger partial charge >= 0.3 is 7.94 Å². The minimum Gasteiger partial charge on any atom is -0.616 e. The van der Waals surface area contributed by atoms with Crippen molar-refractivity contribution in [3.63, 3.8) is 0 Å². The average molecular weight is 397 g/mol. The normalized spacial score (nSPS) is 19.6. The smallest absolute Gasteiger partial charge is 0.334 e. The standard InChI is InChI=1S/C19H19Cl2O3P/c20-15-6-8-18-13(11-15)10-14-12-16(21)7-9-19(14)24-25(22,23-18)17-4-2-1-3-5-17/h6-9,11-12,17H,1-5,10H2. The van der Waals surface area contributed by atoms with E-state index in [1.54, 1.807) is 24.3 Å². The van der Waals surface area contributed by atoms with Crippen LogP contribution in [0, 0.1) is 0 Å². The van der Waals surface area contributed by atoms with Crippen LogP contribution in [0.4, 0.5) is 0 Å². The van der Waals surface area contributed by atoms with Crippen LogP contribution in [-0.2, 0) is 6.42 Å². The Morgan fingerprint density at radius 3 is 1.88 bits per heavy atom. The highest BCUT2D eigenvalue weighted by atomic mass is 35.5. The van der Waals surface area contributed by atoms with E-state index in [2.05, 4.69) is 0 Å². The molecule has 3 nitrogen and oxygen atoms in total. The molecular weight excluding hydrogens is 378 g/mol.